The highest BCUT2D eigenvalue weighted by molar-refractivity contribution is 7.86. The molecule has 2 aromatic carbocycles. The van der Waals surface area contributed by atoms with Crippen LogP contribution in [0.5, 0.6) is 0 Å². The summed E-state index contributed by atoms with van der Waals surface area (Å²) < 4.78 is 35.1. The molecule has 6 heteroatoms. The van der Waals surface area contributed by atoms with E-state index in [9.17, 15) is 13.0 Å². The summed E-state index contributed by atoms with van der Waals surface area (Å²) in [6.07, 6.45) is 18.6. The molecule has 0 saturated heterocycles. The van der Waals surface area contributed by atoms with Crippen LogP contribution in [0.4, 0.5) is 0 Å². The van der Waals surface area contributed by atoms with Gasteiger partial charge >= 0.3 is 0 Å². The predicted molar refractivity (Wildman–Crippen MR) is 155 cm³/mol. The Morgan fingerprint density at radius 2 is 1.17 bits per heavy atom. The third-order valence-electron chi connectivity index (χ3n) is 6.70. The number of nitrogens with two attached hydrogens (primary N) is 2. The normalized spacial score (nSPS) is 11.5. The van der Waals surface area contributed by atoms with Gasteiger partial charge in [-0.05, 0) is 42.2 Å². The Balaban J connectivity index is 0.00000150. The number of unbranched alkanes of at least 4 members (excludes halogenated alkanes) is 12. The maximum absolute atomic E-state index is 12.5. The second-order valence-electron chi connectivity index (χ2n) is 9.86. The van der Waals surface area contributed by atoms with Crippen LogP contribution in [0, 0.1) is 0 Å². The summed E-state index contributed by atoms with van der Waals surface area (Å²) in [5, 5.41) is 1.55. The second kappa shape index (κ2) is 19.6. The highest BCUT2D eigenvalue weighted by atomic mass is 32.2. The largest absolute Gasteiger partial charge is 0.329 e. The molecule has 206 valence electrons. The lowest BCUT2D eigenvalue weighted by Crippen LogP contribution is -2.11. The number of aryl methyl sites for hydroxylation is 1. The topological polar surface area (TPSA) is 106 Å². The van der Waals surface area contributed by atoms with Crippen LogP contribution in [0.25, 0.3) is 10.8 Å². The molecule has 0 spiro atoms. The molecule has 0 radical (unpaired) electrons. The zero-order valence-corrected chi connectivity index (χ0v) is 23.8. The van der Waals surface area contributed by atoms with Crippen molar-refractivity contribution in [3.8, 4) is 0 Å². The van der Waals surface area contributed by atoms with E-state index in [-0.39, 0.29) is 4.90 Å². The first-order chi connectivity index (χ1) is 17.4. The summed E-state index contributed by atoms with van der Waals surface area (Å²) in [7, 11) is -4.28. The summed E-state index contributed by atoms with van der Waals surface area (Å²) in [6, 6.07) is 9.73. The minimum Gasteiger partial charge on any atom is -0.329 e. The number of hydrogen-bond acceptors (Lipinski definition) is 4. The predicted octanol–water partition coefficient (Wildman–Crippen LogP) is 7.58. The molecule has 0 aliphatic rings. The highest BCUT2D eigenvalue weighted by Crippen LogP contribution is 2.32. The minimum absolute atomic E-state index is 0.152. The van der Waals surface area contributed by atoms with Gasteiger partial charge in [-0.1, -0.05) is 121 Å². The maximum Gasteiger partial charge on any atom is 0.295 e. The van der Waals surface area contributed by atoms with Crippen molar-refractivity contribution in [2.24, 2.45) is 11.5 Å². The van der Waals surface area contributed by atoms with Gasteiger partial charge in [0.25, 0.3) is 10.1 Å². The van der Waals surface area contributed by atoms with E-state index < -0.39 is 10.1 Å². The van der Waals surface area contributed by atoms with E-state index in [0.29, 0.717) is 18.5 Å². The fourth-order valence-electron chi connectivity index (χ4n) is 4.74. The number of fused-ring (bicyclic) bond motifs is 1. The van der Waals surface area contributed by atoms with Crippen molar-refractivity contribution in [2.45, 2.75) is 121 Å². The molecule has 5 nitrogen and oxygen atoms in total. The van der Waals surface area contributed by atoms with E-state index in [4.69, 9.17) is 11.5 Å². The smallest absolute Gasteiger partial charge is 0.295 e. The van der Waals surface area contributed by atoms with Gasteiger partial charge < -0.3 is 11.5 Å². The third-order valence-corrected chi connectivity index (χ3v) is 7.68. The number of hydrogen-bond donors (Lipinski definition) is 3. The molecular formula is C30H52N2O3S. The van der Waals surface area contributed by atoms with Crippen LogP contribution in [0.2, 0.25) is 0 Å². The standard InChI is InChI=1S/C28H44O3S.C2H8N2/c1-3-5-7-9-11-13-15-19-24-23-25-20-17-18-22-27(25)28(32(29,30)31)26(24)21-16-14-12-10-8-6-4-2;3-1-2-4/h17-18,20,22-23H,3-16,19,21H2,1-2H3,(H,29,30,31);1-4H2. The Kier molecular flexibility index (Phi) is 17.7. The van der Waals surface area contributed by atoms with Gasteiger partial charge in [0.15, 0.2) is 0 Å². The molecule has 5 N–H and O–H groups in total. The van der Waals surface area contributed by atoms with Crippen molar-refractivity contribution in [3.63, 3.8) is 0 Å². The molecule has 0 aliphatic carbocycles. The van der Waals surface area contributed by atoms with Gasteiger partial charge in [0, 0.05) is 18.5 Å². The van der Waals surface area contributed by atoms with E-state index in [2.05, 4.69) is 19.9 Å². The molecule has 0 amide bonds. The monoisotopic (exact) mass is 520 g/mol. The van der Waals surface area contributed by atoms with Gasteiger partial charge in [-0.3, -0.25) is 4.55 Å². The van der Waals surface area contributed by atoms with Crippen LogP contribution in [0.3, 0.4) is 0 Å². The summed E-state index contributed by atoms with van der Waals surface area (Å²) in [4.78, 5) is 0.152. The summed E-state index contributed by atoms with van der Waals surface area (Å²) in [6.45, 7) is 5.66. The first kappa shape index (κ1) is 32.6. The minimum atomic E-state index is -4.28. The molecular weight excluding hydrogens is 468 g/mol. The average Bonchev–Trinajstić information content (AvgIpc) is 2.86. The molecule has 0 bridgehead atoms. The van der Waals surface area contributed by atoms with Crippen molar-refractivity contribution in [3.05, 3.63) is 41.5 Å². The van der Waals surface area contributed by atoms with Crippen molar-refractivity contribution in [2.75, 3.05) is 13.1 Å². The Morgan fingerprint density at radius 3 is 1.67 bits per heavy atom. The lowest BCUT2D eigenvalue weighted by Gasteiger charge is -2.17. The summed E-state index contributed by atoms with van der Waals surface area (Å²) in [5.74, 6) is 0. The lowest BCUT2D eigenvalue weighted by atomic mass is 9.93. The van der Waals surface area contributed by atoms with Gasteiger partial charge in [0.2, 0.25) is 0 Å². The van der Waals surface area contributed by atoms with E-state index in [1.807, 2.05) is 24.3 Å². The zero-order valence-electron chi connectivity index (χ0n) is 22.9. The van der Waals surface area contributed by atoms with E-state index >= 15 is 0 Å². The molecule has 0 heterocycles. The van der Waals surface area contributed by atoms with Gasteiger partial charge in [-0.25, -0.2) is 0 Å². The molecule has 36 heavy (non-hydrogen) atoms. The van der Waals surface area contributed by atoms with Crippen molar-refractivity contribution in [1.29, 1.82) is 0 Å². The van der Waals surface area contributed by atoms with Crippen LogP contribution < -0.4 is 11.5 Å². The Labute approximate surface area is 221 Å². The summed E-state index contributed by atoms with van der Waals surface area (Å²) >= 11 is 0. The van der Waals surface area contributed by atoms with Crippen molar-refractivity contribution in [1.82, 2.24) is 0 Å². The average molecular weight is 521 g/mol. The quantitative estimate of drug-likeness (QED) is 0.139. The molecule has 0 aromatic heterocycles. The second-order valence-corrected chi connectivity index (χ2v) is 11.2. The van der Waals surface area contributed by atoms with Crippen LogP contribution in [-0.4, -0.2) is 26.1 Å². The Hall–Kier alpha value is -1.47. The zero-order chi connectivity index (χ0) is 26.7. The van der Waals surface area contributed by atoms with E-state index in [0.717, 1.165) is 48.6 Å². The highest BCUT2D eigenvalue weighted by Gasteiger charge is 2.22. The van der Waals surface area contributed by atoms with Gasteiger partial charge in [0.05, 0.1) is 0 Å². The fraction of sp³-hybridized carbons (Fsp3) is 0.667. The molecule has 0 fully saturated rings. The number of benzene rings is 2. The molecule has 0 unspecified atom stereocenters. The summed E-state index contributed by atoms with van der Waals surface area (Å²) in [5.41, 5.74) is 11.8. The SMILES string of the molecule is CCCCCCCCCc1cc2ccccc2c(S(=O)(=O)O)c1CCCCCCCCC.NCCN. The van der Waals surface area contributed by atoms with Gasteiger partial charge in [-0.2, -0.15) is 8.42 Å². The fourth-order valence-corrected chi connectivity index (χ4v) is 5.74. The van der Waals surface area contributed by atoms with Crippen LogP contribution in [-0.2, 0) is 23.0 Å². The lowest BCUT2D eigenvalue weighted by molar-refractivity contribution is 0.482. The van der Waals surface area contributed by atoms with Crippen LogP contribution in [0.15, 0.2) is 35.2 Å². The van der Waals surface area contributed by atoms with Crippen LogP contribution in [0.1, 0.15) is 115 Å². The molecule has 0 atom stereocenters. The van der Waals surface area contributed by atoms with E-state index in [1.165, 1.54) is 70.6 Å². The Bertz CT molecular complexity index is 943. The van der Waals surface area contributed by atoms with Crippen molar-refractivity contribution < 1.29 is 13.0 Å². The Morgan fingerprint density at radius 1 is 0.694 bits per heavy atom. The van der Waals surface area contributed by atoms with Gasteiger partial charge in [-0.15, -0.1) is 0 Å². The van der Waals surface area contributed by atoms with Gasteiger partial charge in [0.1, 0.15) is 4.90 Å². The molecule has 0 saturated carbocycles. The van der Waals surface area contributed by atoms with E-state index in [1.54, 1.807) is 0 Å². The first-order valence-corrected chi connectivity index (χ1v) is 15.8. The molecule has 2 aromatic rings. The first-order valence-electron chi connectivity index (χ1n) is 14.3. The number of rotatable bonds is 18. The third kappa shape index (κ3) is 12.7. The molecule has 2 rings (SSSR count). The molecule has 0 aliphatic heterocycles. The van der Waals surface area contributed by atoms with Crippen LogP contribution >= 0.6 is 0 Å². The maximum atomic E-state index is 12.5. The van der Waals surface area contributed by atoms with Crippen molar-refractivity contribution >= 4 is 20.9 Å².